The third kappa shape index (κ3) is 4.29. The molecule has 0 saturated heterocycles. The maximum atomic E-state index is 13.8. The summed E-state index contributed by atoms with van der Waals surface area (Å²) >= 11 is 0. The SMILES string of the molecule is CCCCC(CC)C(O)C(CN)c1ccccc1F. The molecule has 0 bridgehead atoms. The fourth-order valence-corrected chi connectivity index (χ4v) is 2.64. The van der Waals surface area contributed by atoms with E-state index >= 15 is 0 Å². The Morgan fingerprint density at radius 2 is 1.95 bits per heavy atom. The minimum atomic E-state index is -0.571. The third-order valence-corrected chi connectivity index (χ3v) is 3.91. The topological polar surface area (TPSA) is 46.2 Å². The normalized spacial score (nSPS) is 16.1. The van der Waals surface area contributed by atoms with Crippen LogP contribution < -0.4 is 5.73 Å². The second-order valence-electron chi connectivity index (χ2n) is 5.16. The second-order valence-corrected chi connectivity index (χ2v) is 5.16. The lowest BCUT2D eigenvalue weighted by Crippen LogP contribution is -2.33. The van der Waals surface area contributed by atoms with E-state index in [2.05, 4.69) is 13.8 Å². The van der Waals surface area contributed by atoms with Crippen LogP contribution in [0.25, 0.3) is 0 Å². The first-order chi connectivity index (χ1) is 9.15. The smallest absolute Gasteiger partial charge is 0.126 e. The molecule has 0 aliphatic carbocycles. The molecule has 3 heteroatoms. The lowest BCUT2D eigenvalue weighted by atomic mass is 9.82. The minimum Gasteiger partial charge on any atom is -0.392 e. The summed E-state index contributed by atoms with van der Waals surface area (Å²) in [4.78, 5) is 0. The van der Waals surface area contributed by atoms with E-state index in [1.807, 2.05) is 0 Å². The lowest BCUT2D eigenvalue weighted by molar-refractivity contribution is 0.0732. The lowest BCUT2D eigenvalue weighted by Gasteiger charge is -2.29. The number of aliphatic hydroxyl groups is 1. The maximum Gasteiger partial charge on any atom is 0.126 e. The van der Waals surface area contributed by atoms with Crippen molar-refractivity contribution in [3.05, 3.63) is 35.6 Å². The quantitative estimate of drug-likeness (QED) is 0.758. The van der Waals surface area contributed by atoms with E-state index in [1.165, 1.54) is 6.07 Å². The Hall–Kier alpha value is -0.930. The summed E-state index contributed by atoms with van der Waals surface area (Å²) in [5.41, 5.74) is 6.30. The first-order valence-corrected chi connectivity index (χ1v) is 7.28. The van der Waals surface area contributed by atoms with Gasteiger partial charge in [0.2, 0.25) is 0 Å². The van der Waals surface area contributed by atoms with E-state index in [0.29, 0.717) is 5.56 Å². The van der Waals surface area contributed by atoms with Gasteiger partial charge in [0.15, 0.2) is 0 Å². The molecule has 1 aromatic rings. The van der Waals surface area contributed by atoms with Crippen LogP contribution in [0.2, 0.25) is 0 Å². The number of rotatable bonds is 8. The number of unbranched alkanes of at least 4 members (excludes halogenated alkanes) is 1. The summed E-state index contributed by atoms with van der Waals surface area (Å²) in [7, 11) is 0. The van der Waals surface area contributed by atoms with Crippen molar-refractivity contribution in [1.29, 1.82) is 0 Å². The van der Waals surface area contributed by atoms with Gasteiger partial charge in [0.05, 0.1) is 6.10 Å². The van der Waals surface area contributed by atoms with Crippen molar-refractivity contribution in [2.45, 2.75) is 51.6 Å². The number of benzene rings is 1. The van der Waals surface area contributed by atoms with Crippen molar-refractivity contribution < 1.29 is 9.50 Å². The summed E-state index contributed by atoms with van der Waals surface area (Å²) in [5, 5.41) is 10.5. The van der Waals surface area contributed by atoms with Gasteiger partial charge in [0, 0.05) is 12.5 Å². The number of hydrogen-bond donors (Lipinski definition) is 2. The summed E-state index contributed by atoms with van der Waals surface area (Å²) < 4.78 is 13.8. The zero-order chi connectivity index (χ0) is 14.3. The van der Waals surface area contributed by atoms with E-state index in [1.54, 1.807) is 18.2 Å². The van der Waals surface area contributed by atoms with Gasteiger partial charge in [-0.3, -0.25) is 0 Å². The highest BCUT2D eigenvalue weighted by Crippen LogP contribution is 2.29. The van der Waals surface area contributed by atoms with Crippen molar-refractivity contribution in [3.8, 4) is 0 Å². The largest absolute Gasteiger partial charge is 0.392 e. The predicted molar refractivity (Wildman–Crippen MR) is 77.5 cm³/mol. The van der Waals surface area contributed by atoms with Crippen LogP contribution in [0.5, 0.6) is 0 Å². The molecule has 19 heavy (non-hydrogen) atoms. The van der Waals surface area contributed by atoms with Gasteiger partial charge < -0.3 is 10.8 Å². The average molecular weight is 267 g/mol. The molecule has 0 amide bonds. The molecule has 0 fully saturated rings. The fraction of sp³-hybridized carbons (Fsp3) is 0.625. The van der Waals surface area contributed by atoms with Crippen LogP contribution in [-0.4, -0.2) is 17.8 Å². The van der Waals surface area contributed by atoms with Gasteiger partial charge in [-0.1, -0.05) is 51.3 Å². The van der Waals surface area contributed by atoms with Crippen LogP contribution in [0, 0.1) is 11.7 Å². The molecule has 1 aromatic carbocycles. The van der Waals surface area contributed by atoms with Crippen molar-refractivity contribution >= 4 is 0 Å². The fourth-order valence-electron chi connectivity index (χ4n) is 2.64. The molecule has 0 radical (unpaired) electrons. The van der Waals surface area contributed by atoms with E-state index < -0.39 is 6.10 Å². The van der Waals surface area contributed by atoms with Gasteiger partial charge in [-0.05, 0) is 24.0 Å². The molecule has 0 aromatic heterocycles. The molecule has 2 nitrogen and oxygen atoms in total. The van der Waals surface area contributed by atoms with Gasteiger partial charge in [-0.25, -0.2) is 4.39 Å². The molecular formula is C16H26FNO. The standard InChI is InChI=1S/C16H26FNO/c1-3-5-8-12(4-2)16(19)14(11-18)13-9-6-7-10-15(13)17/h6-7,9-10,12,14,16,19H,3-5,8,11,18H2,1-2H3. The number of aliphatic hydroxyl groups excluding tert-OH is 1. The first kappa shape index (κ1) is 16.1. The summed E-state index contributed by atoms with van der Waals surface area (Å²) in [6.45, 7) is 4.47. The Labute approximate surface area is 115 Å². The monoisotopic (exact) mass is 267 g/mol. The summed E-state index contributed by atoms with van der Waals surface area (Å²) in [6.07, 6.45) is 3.49. The van der Waals surface area contributed by atoms with Gasteiger partial charge >= 0.3 is 0 Å². The average Bonchev–Trinajstić information content (AvgIpc) is 2.42. The molecule has 0 spiro atoms. The Balaban J connectivity index is 2.86. The third-order valence-electron chi connectivity index (χ3n) is 3.91. The summed E-state index contributed by atoms with van der Waals surface area (Å²) in [5.74, 6) is -0.404. The van der Waals surface area contributed by atoms with Crippen LogP contribution in [0.1, 0.15) is 51.0 Å². The van der Waals surface area contributed by atoms with Crippen LogP contribution >= 0.6 is 0 Å². The molecule has 0 heterocycles. The van der Waals surface area contributed by atoms with Crippen molar-refractivity contribution in [1.82, 2.24) is 0 Å². The molecule has 0 aliphatic heterocycles. The van der Waals surface area contributed by atoms with Crippen LogP contribution in [-0.2, 0) is 0 Å². The van der Waals surface area contributed by atoms with E-state index in [4.69, 9.17) is 5.73 Å². The number of nitrogens with two attached hydrogens (primary N) is 1. The first-order valence-electron chi connectivity index (χ1n) is 7.28. The van der Waals surface area contributed by atoms with Crippen molar-refractivity contribution in [2.75, 3.05) is 6.54 Å². The zero-order valence-electron chi connectivity index (χ0n) is 12.0. The summed E-state index contributed by atoms with van der Waals surface area (Å²) in [6, 6.07) is 6.61. The molecule has 3 N–H and O–H groups in total. The highest BCUT2D eigenvalue weighted by molar-refractivity contribution is 5.23. The van der Waals surface area contributed by atoms with Crippen LogP contribution in [0.4, 0.5) is 4.39 Å². The molecule has 3 atom stereocenters. The predicted octanol–water partition coefficient (Wildman–Crippen LogP) is 3.45. The molecule has 1 rings (SSSR count). The van der Waals surface area contributed by atoms with Gasteiger partial charge in [0.1, 0.15) is 5.82 Å². The van der Waals surface area contributed by atoms with Crippen LogP contribution in [0.3, 0.4) is 0 Å². The highest BCUT2D eigenvalue weighted by atomic mass is 19.1. The Bertz CT molecular complexity index is 370. The van der Waals surface area contributed by atoms with E-state index in [0.717, 1.165) is 25.7 Å². The Morgan fingerprint density at radius 1 is 1.26 bits per heavy atom. The maximum absolute atomic E-state index is 13.8. The zero-order valence-corrected chi connectivity index (χ0v) is 12.0. The minimum absolute atomic E-state index is 0.188. The molecule has 108 valence electrons. The number of halogens is 1. The Kier molecular flexibility index (Phi) is 7.03. The molecular weight excluding hydrogens is 241 g/mol. The van der Waals surface area contributed by atoms with E-state index in [9.17, 15) is 9.50 Å². The number of hydrogen-bond acceptors (Lipinski definition) is 2. The molecule has 3 unspecified atom stereocenters. The molecule has 0 saturated carbocycles. The Morgan fingerprint density at radius 3 is 2.47 bits per heavy atom. The van der Waals surface area contributed by atoms with Gasteiger partial charge in [0.25, 0.3) is 0 Å². The van der Waals surface area contributed by atoms with Crippen molar-refractivity contribution in [3.63, 3.8) is 0 Å². The molecule has 0 aliphatic rings. The van der Waals surface area contributed by atoms with Gasteiger partial charge in [-0.15, -0.1) is 0 Å². The van der Waals surface area contributed by atoms with Crippen LogP contribution in [0.15, 0.2) is 24.3 Å². The highest BCUT2D eigenvalue weighted by Gasteiger charge is 2.28. The van der Waals surface area contributed by atoms with Gasteiger partial charge in [-0.2, -0.15) is 0 Å². The second kappa shape index (κ2) is 8.28. The van der Waals surface area contributed by atoms with Crippen molar-refractivity contribution in [2.24, 2.45) is 11.7 Å². The van der Waals surface area contributed by atoms with E-state index in [-0.39, 0.29) is 24.2 Å².